The average Bonchev–Trinajstić information content (AvgIpc) is 2.91. The van der Waals surface area contributed by atoms with E-state index in [4.69, 9.17) is 9.47 Å². The van der Waals surface area contributed by atoms with Crippen molar-refractivity contribution >= 4 is 0 Å². The van der Waals surface area contributed by atoms with Gasteiger partial charge in [0.05, 0.1) is 6.61 Å². The monoisotopic (exact) mass is 478 g/mol. The fourth-order valence-corrected chi connectivity index (χ4v) is 3.85. The van der Waals surface area contributed by atoms with Gasteiger partial charge in [0, 0.05) is 23.5 Å². The van der Waals surface area contributed by atoms with Crippen LogP contribution in [0.3, 0.4) is 0 Å². The van der Waals surface area contributed by atoms with Crippen molar-refractivity contribution in [3.05, 3.63) is 60.9 Å². The predicted molar refractivity (Wildman–Crippen MR) is 142 cm³/mol. The molecule has 4 nitrogen and oxygen atoms in total. The van der Waals surface area contributed by atoms with Crippen molar-refractivity contribution in [3.63, 3.8) is 0 Å². The Labute approximate surface area is 209 Å². The Kier molecular flexibility index (Phi) is 11.5. The number of hydrogen-bond acceptors (Lipinski definition) is 4. The molecule has 1 heterocycles. The van der Waals surface area contributed by atoms with E-state index in [0.717, 1.165) is 48.3 Å². The van der Waals surface area contributed by atoms with Gasteiger partial charge in [0.2, 0.25) is 0 Å². The zero-order chi connectivity index (χ0) is 24.7. The van der Waals surface area contributed by atoms with Gasteiger partial charge in [-0.25, -0.2) is 14.4 Å². The maximum atomic E-state index is 14.1. The molecule has 0 aliphatic heterocycles. The van der Waals surface area contributed by atoms with E-state index in [1.54, 1.807) is 0 Å². The summed E-state index contributed by atoms with van der Waals surface area (Å²) < 4.78 is 25.5. The van der Waals surface area contributed by atoms with Crippen LogP contribution in [0.1, 0.15) is 71.6 Å². The maximum absolute atomic E-state index is 14.1. The van der Waals surface area contributed by atoms with Gasteiger partial charge < -0.3 is 9.47 Å². The average molecular weight is 479 g/mol. The van der Waals surface area contributed by atoms with E-state index in [1.807, 2.05) is 60.9 Å². The van der Waals surface area contributed by atoms with Crippen molar-refractivity contribution in [2.45, 2.75) is 77.8 Å². The summed E-state index contributed by atoms with van der Waals surface area (Å²) in [6.07, 6.45) is 12.4. The van der Waals surface area contributed by atoms with Crippen molar-refractivity contribution in [2.75, 3.05) is 13.2 Å². The second kappa shape index (κ2) is 15.1. The molecular formula is C30H39FN2O2. The summed E-state index contributed by atoms with van der Waals surface area (Å²) in [4.78, 5) is 9.08. The van der Waals surface area contributed by atoms with Gasteiger partial charge in [-0.3, -0.25) is 0 Å². The number of aromatic nitrogens is 2. The van der Waals surface area contributed by atoms with E-state index in [-0.39, 0.29) is 6.61 Å². The first kappa shape index (κ1) is 26.7. The molecule has 0 bridgehead atoms. The lowest BCUT2D eigenvalue weighted by Gasteiger charge is -2.11. The second-order valence-electron chi connectivity index (χ2n) is 9.01. The Bertz CT molecular complexity index is 959. The van der Waals surface area contributed by atoms with E-state index in [1.165, 1.54) is 32.1 Å². The van der Waals surface area contributed by atoms with Crippen LogP contribution >= 0.6 is 0 Å². The van der Waals surface area contributed by atoms with Crippen LogP contribution in [-0.2, 0) is 0 Å². The van der Waals surface area contributed by atoms with Crippen LogP contribution in [-0.4, -0.2) is 29.4 Å². The van der Waals surface area contributed by atoms with Crippen molar-refractivity contribution in [1.29, 1.82) is 0 Å². The lowest BCUT2D eigenvalue weighted by Crippen LogP contribution is -2.12. The summed E-state index contributed by atoms with van der Waals surface area (Å²) in [6, 6.07) is 15.6. The summed E-state index contributed by atoms with van der Waals surface area (Å²) >= 11 is 0. The van der Waals surface area contributed by atoms with Gasteiger partial charge in [0.15, 0.2) is 5.82 Å². The minimum atomic E-state index is -0.918. The summed E-state index contributed by atoms with van der Waals surface area (Å²) in [6.45, 7) is 5.22. The van der Waals surface area contributed by atoms with Crippen molar-refractivity contribution in [3.8, 4) is 34.0 Å². The third-order valence-corrected chi connectivity index (χ3v) is 6.02. The molecule has 0 saturated carbocycles. The number of rotatable bonds is 16. The molecule has 0 N–H and O–H groups in total. The molecule has 188 valence electrons. The molecule has 0 aliphatic carbocycles. The molecule has 1 atom stereocenters. The highest BCUT2D eigenvalue weighted by Crippen LogP contribution is 2.24. The number of unbranched alkanes of at least 4 members (excludes halogenated alkanes) is 6. The summed E-state index contributed by atoms with van der Waals surface area (Å²) in [5, 5.41) is 0. The van der Waals surface area contributed by atoms with Crippen LogP contribution in [0.4, 0.5) is 4.39 Å². The number of hydrogen-bond donors (Lipinski definition) is 0. The third kappa shape index (κ3) is 9.31. The van der Waals surface area contributed by atoms with Gasteiger partial charge in [-0.15, -0.1) is 0 Å². The predicted octanol–water partition coefficient (Wildman–Crippen LogP) is 8.46. The lowest BCUT2D eigenvalue weighted by atomic mass is 10.1. The quantitative estimate of drug-likeness (QED) is 0.194. The standard InChI is InChI=1S/C30H39FN2O2/c1-3-5-7-8-9-11-27(31)23-35-29-16-12-24(13-17-29)26-21-32-30(33-22-26)25-14-18-28(19-15-25)34-20-10-6-4-2/h12-19,21-22,27H,3-11,20,23H2,1-2H3. The van der Waals surface area contributed by atoms with Crippen LogP contribution in [0.25, 0.3) is 22.5 Å². The number of nitrogens with zero attached hydrogens (tertiary/aromatic N) is 2. The minimum Gasteiger partial charge on any atom is -0.494 e. The van der Waals surface area contributed by atoms with Crippen LogP contribution in [0.5, 0.6) is 11.5 Å². The van der Waals surface area contributed by atoms with E-state index in [9.17, 15) is 4.39 Å². The number of alkyl halides is 1. The maximum Gasteiger partial charge on any atom is 0.159 e. The number of ether oxygens (including phenoxy) is 2. The second-order valence-corrected chi connectivity index (χ2v) is 9.01. The molecule has 1 unspecified atom stereocenters. The molecule has 0 fully saturated rings. The molecule has 2 aromatic carbocycles. The van der Waals surface area contributed by atoms with Crippen LogP contribution in [0, 0.1) is 0 Å². The minimum absolute atomic E-state index is 0.105. The molecule has 0 spiro atoms. The van der Waals surface area contributed by atoms with Gasteiger partial charge in [-0.1, -0.05) is 70.9 Å². The first-order chi connectivity index (χ1) is 17.2. The molecular weight excluding hydrogens is 439 g/mol. The van der Waals surface area contributed by atoms with Crippen LogP contribution in [0.15, 0.2) is 60.9 Å². The SMILES string of the molecule is CCCCCCCC(F)COc1ccc(-c2cnc(-c3ccc(OCCCCC)cc3)nc2)cc1. The van der Waals surface area contributed by atoms with E-state index < -0.39 is 6.17 Å². The normalized spacial score (nSPS) is 11.9. The van der Waals surface area contributed by atoms with Gasteiger partial charge in [-0.05, 0) is 54.8 Å². The highest BCUT2D eigenvalue weighted by atomic mass is 19.1. The van der Waals surface area contributed by atoms with Crippen molar-refractivity contribution in [1.82, 2.24) is 9.97 Å². The smallest absolute Gasteiger partial charge is 0.159 e. The van der Waals surface area contributed by atoms with Crippen LogP contribution in [0.2, 0.25) is 0 Å². The largest absolute Gasteiger partial charge is 0.494 e. The first-order valence-electron chi connectivity index (χ1n) is 13.1. The fourth-order valence-electron chi connectivity index (χ4n) is 3.85. The molecule has 0 radical (unpaired) electrons. The Morgan fingerprint density at radius 2 is 1.23 bits per heavy atom. The Morgan fingerprint density at radius 1 is 0.657 bits per heavy atom. The molecule has 3 aromatic rings. The topological polar surface area (TPSA) is 44.2 Å². The molecule has 0 saturated heterocycles. The Balaban J connectivity index is 1.47. The first-order valence-corrected chi connectivity index (χ1v) is 13.1. The van der Waals surface area contributed by atoms with Gasteiger partial charge >= 0.3 is 0 Å². The summed E-state index contributed by atoms with van der Waals surface area (Å²) in [7, 11) is 0. The van der Waals surface area contributed by atoms with Gasteiger partial charge in [0.1, 0.15) is 24.3 Å². The Morgan fingerprint density at radius 3 is 1.89 bits per heavy atom. The molecule has 1 aromatic heterocycles. The van der Waals surface area contributed by atoms with E-state index >= 15 is 0 Å². The van der Waals surface area contributed by atoms with Crippen molar-refractivity contribution < 1.29 is 13.9 Å². The van der Waals surface area contributed by atoms with Crippen LogP contribution < -0.4 is 9.47 Å². The Hall–Kier alpha value is -2.95. The third-order valence-electron chi connectivity index (χ3n) is 6.02. The molecule has 0 amide bonds. The van der Waals surface area contributed by atoms with Crippen molar-refractivity contribution in [2.24, 2.45) is 0 Å². The number of halogens is 1. The fraction of sp³-hybridized carbons (Fsp3) is 0.467. The number of benzene rings is 2. The molecule has 0 aliphatic rings. The highest BCUT2D eigenvalue weighted by molar-refractivity contribution is 5.64. The van der Waals surface area contributed by atoms with E-state index in [0.29, 0.717) is 18.0 Å². The summed E-state index contributed by atoms with van der Waals surface area (Å²) in [5.74, 6) is 2.22. The highest BCUT2D eigenvalue weighted by Gasteiger charge is 2.08. The van der Waals surface area contributed by atoms with E-state index in [2.05, 4.69) is 23.8 Å². The molecule has 3 rings (SSSR count). The lowest BCUT2D eigenvalue weighted by molar-refractivity contribution is 0.184. The molecule has 5 heteroatoms. The zero-order valence-corrected chi connectivity index (χ0v) is 21.2. The molecule has 35 heavy (non-hydrogen) atoms. The van der Waals surface area contributed by atoms with Gasteiger partial charge in [0.25, 0.3) is 0 Å². The zero-order valence-electron chi connectivity index (χ0n) is 21.2. The summed E-state index contributed by atoms with van der Waals surface area (Å²) in [5.41, 5.74) is 2.87. The van der Waals surface area contributed by atoms with Gasteiger partial charge in [-0.2, -0.15) is 0 Å².